The zero-order valence-electron chi connectivity index (χ0n) is 14.1. The summed E-state index contributed by atoms with van der Waals surface area (Å²) >= 11 is 0. The molecule has 0 bridgehead atoms. The topological polar surface area (TPSA) is 91.4 Å². The van der Waals surface area contributed by atoms with Crippen LogP contribution in [0.1, 0.15) is 25.7 Å². The van der Waals surface area contributed by atoms with Crippen molar-refractivity contribution in [1.29, 1.82) is 0 Å². The number of carbonyl (C=O) groups excluding carboxylic acids is 1. The molecule has 0 radical (unpaired) electrons. The third-order valence-electron chi connectivity index (χ3n) is 4.35. The van der Waals surface area contributed by atoms with Crippen molar-refractivity contribution in [2.24, 2.45) is 5.92 Å². The number of rotatable bonds is 8. The van der Waals surface area contributed by atoms with Crippen LogP contribution in [0.5, 0.6) is 0 Å². The summed E-state index contributed by atoms with van der Waals surface area (Å²) in [5.41, 5.74) is 0. The van der Waals surface area contributed by atoms with E-state index in [1.54, 1.807) is 6.07 Å². The summed E-state index contributed by atoms with van der Waals surface area (Å²) in [6.07, 6.45) is 6.18. The van der Waals surface area contributed by atoms with Gasteiger partial charge in [0, 0.05) is 38.4 Å². The first-order chi connectivity index (χ1) is 11.5. The summed E-state index contributed by atoms with van der Waals surface area (Å²) in [5, 5.41) is 3.15. The van der Waals surface area contributed by atoms with Gasteiger partial charge >= 0.3 is 0 Å². The molecular weight excluding hydrogens is 328 g/mol. The highest BCUT2D eigenvalue weighted by atomic mass is 32.2. The van der Waals surface area contributed by atoms with E-state index in [2.05, 4.69) is 15.0 Å². The Kier molecular flexibility index (Phi) is 7.14. The van der Waals surface area contributed by atoms with E-state index >= 15 is 0 Å². The Balaban J connectivity index is 1.72. The van der Waals surface area contributed by atoms with E-state index in [0.29, 0.717) is 5.92 Å². The van der Waals surface area contributed by atoms with Crippen LogP contribution in [0.15, 0.2) is 29.4 Å². The quantitative estimate of drug-likeness (QED) is 0.713. The fourth-order valence-corrected chi connectivity index (χ4v) is 3.85. The van der Waals surface area contributed by atoms with Gasteiger partial charge in [-0.15, -0.1) is 0 Å². The molecule has 1 fully saturated rings. The van der Waals surface area contributed by atoms with E-state index in [1.807, 2.05) is 11.9 Å². The first kappa shape index (κ1) is 18.8. The maximum absolute atomic E-state index is 12.2. The Labute approximate surface area is 143 Å². The summed E-state index contributed by atoms with van der Waals surface area (Å²) in [7, 11) is -1.65. The molecule has 7 nitrogen and oxygen atoms in total. The van der Waals surface area contributed by atoms with Crippen LogP contribution in [-0.4, -0.2) is 57.4 Å². The predicted octanol–water partition coefficient (Wildman–Crippen LogP) is 0.598. The summed E-state index contributed by atoms with van der Waals surface area (Å²) in [6.45, 7) is 2.65. The van der Waals surface area contributed by atoms with Crippen LogP contribution in [0, 0.1) is 5.92 Å². The third kappa shape index (κ3) is 5.54. The molecule has 0 aliphatic carbocycles. The molecule has 24 heavy (non-hydrogen) atoms. The van der Waals surface area contributed by atoms with E-state index in [-0.39, 0.29) is 23.8 Å². The normalized spacial score (nSPS) is 16.3. The highest BCUT2D eigenvalue weighted by Crippen LogP contribution is 2.20. The van der Waals surface area contributed by atoms with Crippen molar-refractivity contribution in [1.82, 2.24) is 19.9 Å². The molecule has 1 aliphatic heterocycles. The second kappa shape index (κ2) is 9.10. The SMILES string of the molecule is CNCCC1CCN(C(=O)CCNS(=O)(=O)c2cccnc2)CC1. The molecule has 1 aliphatic rings. The molecule has 0 spiro atoms. The number of hydrogen-bond donors (Lipinski definition) is 2. The van der Waals surface area contributed by atoms with Gasteiger partial charge < -0.3 is 10.2 Å². The van der Waals surface area contributed by atoms with Crippen molar-refractivity contribution < 1.29 is 13.2 Å². The van der Waals surface area contributed by atoms with E-state index in [4.69, 9.17) is 0 Å². The third-order valence-corrected chi connectivity index (χ3v) is 5.79. The van der Waals surface area contributed by atoms with Gasteiger partial charge in [-0.05, 0) is 50.9 Å². The second-order valence-corrected chi connectivity index (χ2v) is 7.82. The number of aromatic nitrogens is 1. The Morgan fingerprint density at radius 2 is 2.08 bits per heavy atom. The van der Waals surface area contributed by atoms with Crippen molar-refractivity contribution in [3.8, 4) is 0 Å². The number of piperidine rings is 1. The maximum atomic E-state index is 12.2. The first-order valence-electron chi connectivity index (χ1n) is 8.35. The predicted molar refractivity (Wildman–Crippen MR) is 91.9 cm³/mol. The Morgan fingerprint density at radius 1 is 1.33 bits per heavy atom. The highest BCUT2D eigenvalue weighted by Gasteiger charge is 2.22. The minimum atomic E-state index is -3.60. The maximum Gasteiger partial charge on any atom is 0.242 e. The van der Waals surface area contributed by atoms with Gasteiger partial charge in [0.1, 0.15) is 4.90 Å². The van der Waals surface area contributed by atoms with Crippen LogP contribution >= 0.6 is 0 Å². The van der Waals surface area contributed by atoms with Gasteiger partial charge in [0.2, 0.25) is 15.9 Å². The molecule has 1 saturated heterocycles. The summed E-state index contributed by atoms with van der Waals surface area (Å²) in [5.74, 6) is 0.682. The van der Waals surface area contributed by atoms with Gasteiger partial charge in [-0.2, -0.15) is 0 Å². The fraction of sp³-hybridized carbons (Fsp3) is 0.625. The van der Waals surface area contributed by atoms with Crippen LogP contribution in [0.4, 0.5) is 0 Å². The first-order valence-corrected chi connectivity index (χ1v) is 9.83. The minimum Gasteiger partial charge on any atom is -0.343 e. The van der Waals surface area contributed by atoms with E-state index in [9.17, 15) is 13.2 Å². The van der Waals surface area contributed by atoms with E-state index in [1.165, 1.54) is 18.5 Å². The van der Waals surface area contributed by atoms with Crippen molar-refractivity contribution >= 4 is 15.9 Å². The van der Waals surface area contributed by atoms with Crippen LogP contribution in [0.25, 0.3) is 0 Å². The van der Waals surface area contributed by atoms with Crippen molar-refractivity contribution in [2.45, 2.75) is 30.6 Å². The average molecular weight is 354 g/mol. The van der Waals surface area contributed by atoms with E-state index < -0.39 is 10.0 Å². The number of nitrogens with one attached hydrogen (secondary N) is 2. The molecule has 8 heteroatoms. The van der Waals surface area contributed by atoms with Gasteiger partial charge in [-0.1, -0.05) is 0 Å². The summed E-state index contributed by atoms with van der Waals surface area (Å²) < 4.78 is 26.6. The van der Waals surface area contributed by atoms with Gasteiger partial charge in [-0.25, -0.2) is 13.1 Å². The van der Waals surface area contributed by atoms with Crippen molar-refractivity contribution in [3.05, 3.63) is 24.5 Å². The number of nitrogens with zero attached hydrogens (tertiary/aromatic N) is 2. The number of likely N-dealkylation sites (tertiary alicyclic amines) is 1. The number of sulfonamides is 1. The van der Waals surface area contributed by atoms with Gasteiger partial charge in [0.25, 0.3) is 0 Å². The molecule has 0 unspecified atom stereocenters. The Hall–Kier alpha value is -1.51. The van der Waals surface area contributed by atoms with Gasteiger partial charge in [-0.3, -0.25) is 9.78 Å². The van der Waals surface area contributed by atoms with Crippen molar-refractivity contribution in [2.75, 3.05) is 33.2 Å². The smallest absolute Gasteiger partial charge is 0.242 e. The van der Waals surface area contributed by atoms with Crippen LogP contribution in [-0.2, 0) is 14.8 Å². The zero-order chi connectivity index (χ0) is 17.4. The molecule has 2 rings (SSSR count). The Morgan fingerprint density at radius 3 is 2.71 bits per heavy atom. The number of carbonyl (C=O) groups is 1. The second-order valence-electron chi connectivity index (χ2n) is 6.05. The highest BCUT2D eigenvalue weighted by molar-refractivity contribution is 7.89. The molecule has 2 N–H and O–H groups in total. The van der Waals surface area contributed by atoms with Crippen LogP contribution in [0.2, 0.25) is 0 Å². The minimum absolute atomic E-state index is 0.0101. The molecule has 0 aromatic carbocycles. The average Bonchev–Trinajstić information content (AvgIpc) is 2.61. The number of amides is 1. The van der Waals surface area contributed by atoms with Crippen LogP contribution < -0.4 is 10.0 Å². The van der Waals surface area contributed by atoms with E-state index in [0.717, 1.165) is 38.9 Å². The lowest BCUT2D eigenvalue weighted by atomic mass is 9.93. The number of pyridine rings is 1. The van der Waals surface area contributed by atoms with Crippen LogP contribution in [0.3, 0.4) is 0 Å². The zero-order valence-corrected chi connectivity index (χ0v) is 14.9. The van der Waals surface area contributed by atoms with Gasteiger partial charge in [0.15, 0.2) is 0 Å². The lowest BCUT2D eigenvalue weighted by Crippen LogP contribution is -2.40. The molecular formula is C16H26N4O3S. The molecule has 0 atom stereocenters. The largest absolute Gasteiger partial charge is 0.343 e. The molecule has 1 aromatic rings. The lowest BCUT2D eigenvalue weighted by molar-refractivity contribution is -0.132. The summed E-state index contributed by atoms with van der Waals surface area (Å²) in [6, 6.07) is 3.05. The summed E-state index contributed by atoms with van der Waals surface area (Å²) in [4.78, 5) is 18.0. The molecule has 1 amide bonds. The lowest BCUT2D eigenvalue weighted by Gasteiger charge is -2.32. The molecule has 2 heterocycles. The Bertz CT molecular complexity index is 613. The molecule has 0 saturated carbocycles. The standard InChI is InChI=1S/C16H26N4O3S/c1-17-9-4-14-6-11-20(12-7-14)16(21)5-10-19-24(22,23)15-3-2-8-18-13-15/h2-3,8,13-14,17,19H,4-7,9-12H2,1H3. The van der Waals surface area contributed by atoms with Crippen molar-refractivity contribution in [3.63, 3.8) is 0 Å². The van der Waals surface area contributed by atoms with Gasteiger partial charge in [0.05, 0.1) is 0 Å². The monoisotopic (exact) mass is 354 g/mol. The fourth-order valence-electron chi connectivity index (χ4n) is 2.86. The number of hydrogen-bond acceptors (Lipinski definition) is 5. The molecule has 1 aromatic heterocycles. The molecule has 134 valence electrons.